The molecular weight excluding hydrogens is 131 g/mol. The van der Waals surface area contributed by atoms with Crippen LogP contribution in [0.1, 0.15) is 0 Å². The first-order chi connectivity index (χ1) is 1.73. The molecule has 0 aliphatic carbocycles. The molecule has 0 aromatic rings. The predicted octanol–water partition coefficient (Wildman–Crippen LogP) is -0.217. The fourth-order valence-corrected chi connectivity index (χ4v) is 0. The summed E-state index contributed by atoms with van der Waals surface area (Å²) in [5, 5.41) is 7.19. The first-order valence-electron chi connectivity index (χ1n) is 0.716. The van der Waals surface area contributed by atoms with Crippen LogP contribution in [0, 0.1) is 0 Å². The van der Waals surface area contributed by atoms with E-state index >= 15 is 0 Å². The van der Waals surface area contributed by atoms with Crippen molar-refractivity contribution < 1.29 is 26.7 Å². The van der Waals surface area contributed by atoms with Gasteiger partial charge < -0.3 is 17.0 Å². The van der Waals surface area contributed by atoms with E-state index in [1.54, 1.807) is 0 Å². The maximum Gasteiger partial charge on any atom is 0.402 e. The van der Waals surface area contributed by atoms with Gasteiger partial charge in [0.2, 0.25) is 0 Å². The molecule has 0 bridgehead atoms. The predicted molar refractivity (Wildman–Crippen MR) is 17.2 cm³/mol. The van der Waals surface area contributed by atoms with Crippen molar-refractivity contribution >= 4 is 6.09 Å². The molecular formula is CH6CoN2O2. The van der Waals surface area contributed by atoms with Gasteiger partial charge in [0.15, 0.2) is 0 Å². The van der Waals surface area contributed by atoms with Gasteiger partial charge in [-0.05, 0) is 0 Å². The first-order valence-corrected chi connectivity index (χ1v) is 0.716. The molecule has 0 unspecified atom stereocenters. The van der Waals surface area contributed by atoms with Gasteiger partial charge >= 0.3 is 6.09 Å². The minimum absolute atomic E-state index is 0. The molecule has 0 fully saturated rings. The summed E-state index contributed by atoms with van der Waals surface area (Å²) in [5.74, 6) is 0. The van der Waals surface area contributed by atoms with Crippen LogP contribution in [-0.4, -0.2) is 11.2 Å². The van der Waals surface area contributed by atoms with E-state index in [0.29, 0.717) is 0 Å². The average Bonchev–Trinajstić information content (AvgIpc) is 0.811. The van der Waals surface area contributed by atoms with Crippen molar-refractivity contribution in [1.29, 1.82) is 0 Å². The van der Waals surface area contributed by atoms with Gasteiger partial charge in [0, 0.05) is 16.8 Å². The molecule has 0 aromatic heterocycles. The number of hydrogen-bond acceptors (Lipinski definition) is 2. The maximum atomic E-state index is 8.78. The van der Waals surface area contributed by atoms with Crippen molar-refractivity contribution in [2.75, 3.05) is 0 Å². The van der Waals surface area contributed by atoms with Gasteiger partial charge in [0.25, 0.3) is 0 Å². The summed E-state index contributed by atoms with van der Waals surface area (Å²) in [4.78, 5) is 8.78. The summed E-state index contributed by atoms with van der Waals surface area (Å²) in [7, 11) is 0. The molecule has 0 saturated carbocycles. The largest absolute Gasteiger partial charge is 0.465 e. The second kappa shape index (κ2) is 8.83. The topological polar surface area (TPSA) is 98.3 Å². The van der Waals surface area contributed by atoms with Gasteiger partial charge in [-0.1, -0.05) is 0 Å². The van der Waals surface area contributed by atoms with Gasteiger partial charge in [-0.15, -0.1) is 0 Å². The Morgan fingerprint density at radius 3 is 1.67 bits per heavy atom. The number of carbonyl (C=O) groups is 1. The molecule has 0 aliphatic heterocycles. The molecule has 0 rings (SSSR count). The number of hydrogen-bond donors (Lipinski definition) is 3. The minimum Gasteiger partial charge on any atom is -0.465 e. The summed E-state index contributed by atoms with van der Waals surface area (Å²) < 4.78 is 0. The van der Waals surface area contributed by atoms with Crippen LogP contribution in [0.4, 0.5) is 4.79 Å². The van der Waals surface area contributed by atoms with E-state index < -0.39 is 6.09 Å². The zero-order valence-electron chi connectivity index (χ0n) is 2.97. The van der Waals surface area contributed by atoms with Crippen LogP contribution >= 0.6 is 0 Å². The smallest absolute Gasteiger partial charge is 0.402 e. The summed E-state index contributed by atoms with van der Waals surface area (Å²) in [6.45, 7) is 0. The number of nitrogens with two attached hydrogens (primary N) is 1. The molecule has 0 saturated heterocycles. The Bertz CT molecular complexity index is 34.5. The van der Waals surface area contributed by atoms with E-state index in [2.05, 4.69) is 5.73 Å². The molecule has 0 spiro atoms. The van der Waals surface area contributed by atoms with Gasteiger partial charge in [0.05, 0.1) is 0 Å². The SMILES string of the molecule is N.NC(=O)O.[Co]. The normalized spacial score (nSPS) is 4.00. The van der Waals surface area contributed by atoms with Crippen LogP contribution in [0.5, 0.6) is 0 Å². The van der Waals surface area contributed by atoms with Gasteiger partial charge in [0.1, 0.15) is 0 Å². The first kappa shape index (κ1) is 17.2. The van der Waals surface area contributed by atoms with Crippen molar-refractivity contribution in [3.63, 3.8) is 0 Å². The van der Waals surface area contributed by atoms with Crippen LogP contribution < -0.4 is 11.9 Å². The molecule has 41 valence electrons. The molecule has 1 radical (unpaired) electrons. The molecule has 6 N–H and O–H groups in total. The summed E-state index contributed by atoms with van der Waals surface area (Å²) >= 11 is 0. The molecule has 0 heterocycles. The van der Waals surface area contributed by atoms with Crippen LogP contribution in [0.2, 0.25) is 0 Å². The third-order valence-corrected chi connectivity index (χ3v) is 0. The molecule has 1 amide bonds. The second-order valence-electron chi connectivity index (χ2n) is 0.338. The molecule has 0 aromatic carbocycles. The Morgan fingerprint density at radius 1 is 1.67 bits per heavy atom. The molecule has 4 nitrogen and oxygen atoms in total. The van der Waals surface area contributed by atoms with Crippen LogP contribution in [0.3, 0.4) is 0 Å². The fourth-order valence-electron chi connectivity index (χ4n) is 0. The van der Waals surface area contributed by atoms with Crippen LogP contribution in [-0.2, 0) is 16.8 Å². The maximum absolute atomic E-state index is 8.78. The zero-order chi connectivity index (χ0) is 3.58. The van der Waals surface area contributed by atoms with E-state index in [1.807, 2.05) is 0 Å². The van der Waals surface area contributed by atoms with Crippen molar-refractivity contribution in [2.24, 2.45) is 5.73 Å². The fraction of sp³-hybridized carbons (Fsp3) is 0. The number of amides is 1. The Morgan fingerprint density at radius 2 is 1.67 bits per heavy atom. The second-order valence-corrected chi connectivity index (χ2v) is 0.338. The number of carboxylic acid groups (broad SMARTS) is 1. The Labute approximate surface area is 45.5 Å². The zero-order valence-corrected chi connectivity index (χ0v) is 4.01. The molecule has 5 heteroatoms. The monoisotopic (exact) mass is 137 g/mol. The van der Waals surface area contributed by atoms with E-state index in [-0.39, 0.29) is 22.9 Å². The number of primary amides is 1. The molecule has 0 aliphatic rings. The van der Waals surface area contributed by atoms with Crippen molar-refractivity contribution in [1.82, 2.24) is 6.15 Å². The third kappa shape index (κ3) is 403. The van der Waals surface area contributed by atoms with Crippen molar-refractivity contribution in [2.45, 2.75) is 0 Å². The van der Waals surface area contributed by atoms with E-state index in [0.717, 1.165) is 0 Å². The van der Waals surface area contributed by atoms with Gasteiger partial charge in [-0.25, -0.2) is 4.79 Å². The van der Waals surface area contributed by atoms with Crippen LogP contribution in [0.15, 0.2) is 0 Å². The molecule has 6 heavy (non-hydrogen) atoms. The standard InChI is InChI=1S/CH3NO2.Co.H3N/c2-1(3)4;;/h2H2,(H,3,4);;1H3. The Hall–Kier alpha value is -0.264. The van der Waals surface area contributed by atoms with E-state index in [4.69, 9.17) is 9.90 Å². The average molecular weight is 137 g/mol. The quantitative estimate of drug-likeness (QED) is 0.430. The van der Waals surface area contributed by atoms with Crippen LogP contribution in [0.25, 0.3) is 0 Å². The summed E-state index contributed by atoms with van der Waals surface area (Å²) in [6, 6.07) is 0. The van der Waals surface area contributed by atoms with Gasteiger partial charge in [-0.3, -0.25) is 0 Å². The van der Waals surface area contributed by atoms with Crippen molar-refractivity contribution in [3.8, 4) is 0 Å². The third-order valence-electron chi connectivity index (χ3n) is 0. The Balaban J connectivity index is -0.0000000450. The summed E-state index contributed by atoms with van der Waals surface area (Å²) in [5.41, 5.74) is 4.03. The summed E-state index contributed by atoms with van der Waals surface area (Å²) in [6.07, 6.45) is -1.33. The van der Waals surface area contributed by atoms with E-state index in [9.17, 15) is 0 Å². The van der Waals surface area contributed by atoms with Crippen molar-refractivity contribution in [3.05, 3.63) is 0 Å². The van der Waals surface area contributed by atoms with E-state index in [1.165, 1.54) is 0 Å². The molecule has 0 atom stereocenters. The number of rotatable bonds is 0. The Kier molecular flexibility index (Phi) is 25.3. The minimum atomic E-state index is -1.33. The van der Waals surface area contributed by atoms with Gasteiger partial charge in [-0.2, -0.15) is 0 Å².